The molecule has 1 aromatic carbocycles. The van der Waals surface area contributed by atoms with E-state index >= 15 is 0 Å². The molecular weight excluding hydrogens is 316 g/mol. The van der Waals surface area contributed by atoms with Gasteiger partial charge in [-0.3, -0.25) is 9.59 Å². The fraction of sp³-hybridized carbons (Fsp3) is 0.529. The fourth-order valence-corrected chi connectivity index (χ4v) is 2.97. The van der Waals surface area contributed by atoms with Crippen LogP contribution in [0.3, 0.4) is 0 Å². The highest BCUT2D eigenvalue weighted by Gasteiger charge is 2.24. The molecule has 0 aromatic heterocycles. The van der Waals surface area contributed by atoms with Crippen LogP contribution in [0.5, 0.6) is 5.75 Å². The molecule has 126 valence electrons. The maximum atomic E-state index is 12.4. The summed E-state index contributed by atoms with van der Waals surface area (Å²) in [5.41, 5.74) is 0.925. The van der Waals surface area contributed by atoms with E-state index in [-0.39, 0.29) is 23.6 Å². The normalized spacial score (nSPS) is 17.8. The number of likely N-dealkylation sites (tertiary alicyclic amines) is 1. The summed E-state index contributed by atoms with van der Waals surface area (Å²) >= 11 is 5.87. The molecule has 6 heteroatoms. The Labute approximate surface area is 141 Å². The molecule has 1 aromatic rings. The molecule has 2 N–H and O–H groups in total. The molecule has 2 rings (SSSR count). The molecular formula is C17H23ClN2O3. The first-order valence-electron chi connectivity index (χ1n) is 8.04. The van der Waals surface area contributed by atoms with Crippen LogP contribution in [0.25, 0.3) is 0 Å². The van der Waals surface area contributed by atoms with Crippen molar-refractivity contribution in [3.05, 3.63) is 28.8 Å². The number of carbonyl (C=O) groups is 2. The zero-order valence-corrected chi connectivity index (χ0v) is 14.1. The zero-order chi connectivity index (χ0) is 16.8. The van der Waals surface area contributed by atoms with Crippen molar-refractivity contribution >= 4 is 23.4 Å². The summed E-state index contributed by atoms with van der Waals surface area (Å²) in [6.45, 7) is 3.15. The number of carbonyl (C=O) groups excluding carboxylic acids is 2. The lowest BCUT2D eigenvalue weighted by molar-refractivity contribution is -0.133. The third-order valence-corrected chi connectivity index (χ3v) is 4.40. The van der Waals surface area contributed by atoms with Crippen molar-refractivity contribution in [1.82, 2.24) is 10.2 Å². The van der Waals surface area contributed by atoms with Gasteiger partial charge in [0.1, 0.15) is 5.75 Å². The maximum Gasteiger partial charge on any atom is 0.222 e. The van der Waals surface area contributed by atoms with Crippen LogP contribution in [-0.2, 0) is 16.0 Å². The molecule has 23 heavy (non-hydrogen) atoms. The molecule has 1 saturated heterocycles. The SMILES string of the molecule is CCC(=O)NC1CCCN(C(=O)CCc2ccc(O)c(Cl)c2)C1. The number of piperidine rings is 1. The number of hydrogen-bond acceptors (Lipinski definition) is 3. The second-order valence-corrected chi connectivity index (χ2v) is 6.29. The van der Waals surface area contributed by atoms with Gasteiger partial charge in [0, 0.05) is 32.0 Å². The van der Waals surface area contributed by atoms with Crippen LogP contribution < -0.4 is 5.32 Å². The molecule has 1 aliphatic heterocycles. The molecule has 1 heterocycles. The van der Waals surface area contributed by atoms with Gasteiger partial charge in [-0.2, -0.15) is 0 Å². The quantitative estimate of drug-likeness (QED) is 0.866. The van der Waals surface area contributed by atoms with Crippen molar-refractivity contribution in [3.63, 3.8) is 0 Å². The molecule has 0 aliphatic carbocycles. The molecule has 1 unspecified atom stereocenters. The van der Waals surface area contributed by atoms with E-state index < -0.39 is 0 Å². The van der Waals surface area contributed by atoms with Crippen LogP contribution in [0.4, 0.5) is 0 Å². The number of amides is 2. The Kier molecular flexibility index (Phi) is 6.28. The summed E-state index contributed by atoms with van der Waals surface area (Å²) in [4.78, 5) is 25.7. The van der Waals surface area contributed by atoms with E-state index in [1.54, 1.807) is 18.2 Å². The van der Waals surface area contributed by atoms with Crippen molar-refractivity contribution in [2.45, 2.75) is 45.1 Å². The Hall–Kier alpha value is -1.75. The van der Waals surface area contributed by atoms with E-state index in [1.165, 1.54) is 0 Å². The smallest absolute Gasteiger partial charge is 0.222 e. The second-order valence-electron chi connectivity index (χ2n) is 5.89. The average Bonchev–Trinajstić information content (AvgIpc) is 2.55. The van der Waals surface area contributed by atoms with Crippen LogP contribution in [0.1, 0.15) is 38.2 Å². The number of rotatable bonds is 5. The molecule has 0 radical (unpaired) electrons. The van der Waals surface area contributed by atoms with Gasteiger partial charge in [0.2, 0.25) is 11.8 Å². The van der Waals surface area contributed by atoms with Crippen LogP contribution >= 0.6 is 11.6 Å². The van der Waals surface area contributed by atoms with Gasteiger partial charge in [0.05, 0.1) is 5.02 Å². The number of nitrogens with one attached hydrogen (secondary N) is 1. The topological polar surface area (TPSA) is 69.6 Å². The van der Waals surface area contributed by atoms with Gasteiger partial charge < -0.3 is 15.3 Å². The molecule has 0 bridgehead atoms. The Morgan fingerprint density at radius 1 is 1.43 bits per heavy atom. The molecule has 0 saturated carbocycles. The lowest BCUT2D eigenvalue weighted by Crippen LogP contribution is -2.49. The zero-order valence-electron chi connectivity index (χ0n) is 13.3. The van der Waals surface area contributed by atoms with Crippen molar-refractivity contribution in [2.75, 3.05) is 13.1 Å². The van der Waals surface area contributed by atoms with Crippen molar-refractivity contribution in [1.29, 1.82) is 0 Å². The molecule has 0 spiro atoms. The van der Waals surface area contributed by atoms with Gasteiger partial charge in [-0.15, -0.1) is 0 Å². The van der Waals surface area contributed by atoms with Crippen LogP contribution in [0.2, 0.25) is 5.02 Å². The van der Waals surface area contributed by atoms with Crippen molar-refractivity contribution in [3.8, 4) is 5.75 Å². The monoisotopic (exact) mass is 338 g/mol. The number of aromatic hydroxyl groups is 1. The first-order chi connectivity index (χ1) is 11.0. The Balaban J connectivity index is 1.84. The van der Waals surface area contributed by atoms with Gasteiger partial charge in [0.15, 0.2) is 0 Å². The van der Waals surface area contributed by atoms with Crippen LogP contribution in [-0.4, -0.2) is 41.0 Å². The largest absolute Gasteiger partial charge is 0.506 e. The third kappa shape index (κ3) is 5.13. The summed E-state index contributed by atoms with van der Waals surface area (Å²) in [5.74, 6) is 0.167. The number of nitrogens with zero attached hydrogens (tertiary/aromatic N) is 1. The first-order valence-corrected chi connectivity index (χ1v) is 8.42. The number of phenols is 1. The van der Waals surface area contributed by atoms with E-state index in [2.05, 4.69) is 5.32 Å². The minimum atomic E-state index is 0.0306. The lowest BCUT2D eigenvalue weighted by Gasteiger charge is -2.33. The average molecular weight is 339 g/mol. The van der Waals surface area contributed by atoms with E-state index in [9.17, 15) is 14.7 Å². The fourth-order valence-electron chi connectivity index (χ4n) is 2.77. The highest BCUT2D eigenvalue weighted by molar-refractivity contribution is 6.32. The lowest BCUT2D eigenvalue weighted by atomic mass is 10.0. The van der Waals surface area contributed by atoms with Crippen LogP contribution in [0.15, 0.2) is 18.2 Å². The molecule has 1 fully saturated rings. The predicted octanol–water partition coefficient (Wildman–Crippen LogP) is 2.50. The predicted molar refractivity (Wildman–Crippen MR) is 89.5 cm³/mol. The Morgan fingerprint density at radius 3 is 2.91 bits per heavy atom. The molecule has 1 atom stereocenters. The number of aryl methyl sites for hydroxylation is 1. The highest BCUT2D eigenvalue weighted by atomic mass is 35.5. The number of hydrogen-bond donors (Lipinski definition) is 2. The second kappa shape index (κ2) is 8.20. The number of benzene rings is 1. The van der Waals surface area contributed by atoms with Gasteiger partial charge in [-0.25, -0.2) is 0 Å². The molecule has 2 amide bonds. The Morgan fingerprint density at radius 2 is 2.22 bits per heavy atom. The van der Waals surface area contributed by atoms with Crippen molar-refractivity contribution < 1.29 is 14.7 Å². The number of phenolic OH excluding ortho intramolecular Hbond substituents is 1. The van der Waals surface area contributed by atoms with E-state index in [0.717, 1.165) is 24.9 Å². The van der Waals surface area contributed by atoms with E-state index in [0.29, 0.717) is 30.8 Å². The molecule has 1 aliphatic rings. The van der Waals surface area contributed by atoms with Gasteiger partial charge in [-0.05, 0) is 37.0 Å². The first kappa shape index (κ1) is 17.6. The Bertz CT molecular complexity index is 577. The van der Waals surface area contributed by atoms with Gasteiger partial charge >= 0.3 is 0 Å². The summed E-state index contributed by atoms with van der Waals surface area (Å²) < 4.78 is 0. The summed E-state index contributed by atoms with van der Waals surface area (Å²) in [5, 5.41) is 12.7. The van der Waals surface area contributed by atoms with E-state index in [4.69, 9.17) is 11.6 Å². The standard InChI is InChI=1S/C17H23ClN2O3/c1-2-16(22)19-13-4-3-9-20(11-13)17(23)8-6-12-5-7-15(21)14(18)10-12/h5,7,10,13,21H,2-4,6,8-9,11H2,1H3,(H,19,22). The number of halogens is 1. The third-order valence-electron chi connectivity index (χ3n) is 4.10. The molecule has 5 nitrogen and oxygen atoms in total. The van der Waals surface area contributed by atoms with E-state index in [1.807, 2.05) is 11.8 Å². The van der Waals surface area contributed by atoms with Gasteiger partial charge in [0.25, 0.3) is 0 Å². The van der Waals surface area contributed by atoms with Crippen molar-refractivity contribution in [2.24, 2.45) is 0 Å². The maximum absolute atomic E-state index is 12.4. The minimum absolute atomic E-state index is 0.0306. The minimum Gasteiger partial charge on any atom is -0.506 e. The highest BCUT2D eigenvalue weighted by Crippen LogP contribution is 2.24. The van der Waals surface area contributed by atoms with Gasteiger partial charge in [-0.1, -0.05) is 24.6 Å². The van der Waals surface area contributed by atoms with Crippen LogP contribution in [0, 0.1) is 0 Å². The summed E-state index contributed by atoms with van der Waals surface area (Å²) in [6.07, 6.45) is 3.28. The summed E-state index contributed by atoms with van der Waals surface area (Å²) in [6, 6.07) is 5.06. The summed E-state index contributed by atoms with van der Waals surface area (Å²) in [7, 11) is 0.